The zero-order valence-corrected chi connectivity index (χ0v) is 19.5. The third-order valence-corrected chi connectivity index (χ3v) is 6.87. The number of amides is 1. The van der Waals surface area contributed by atoms with Crippen LogP contribution in [-0.2, 0) is 27.8 Å². The molecule has 0 fully saturated rings. The number of halogens is 2. The average Bonchev–Trinajstić information content (AvgIpc) is 2.78. The molecule has 9 heteroatoms. The third kappa shape index (κ3) is 6.23. The molecule has 6 nitrogen and oxygen atoms in total. The monoisotopic (exact) mass is 492 g/mol. The van der Waals surface area contributed by atoms with E-state index in [-0.39, 0.29) is 22.9 Å². The van der Waals surface area contributed by atoms with Crippen molar-refractivity contribution in [2.75, 3.05) is 7.11 Å². The first-order valence-corrected chi connectivity index (χ1v) is 11.9. The lowest BCUT2D eigenvalue weighted by Gasteiger charge is -2.19. The van der Waals surface area contributed by atoms with Crippen molar-refractivity contribution in [2.45, 2.75) is 23.9 Å². The summed E-state index contributed by atoms with van der Waals surface area (Å²) in [4.78, 5) is 12.9. The maximum atomic E-state index is 13.0. The number of sulfonamides is 1. The van der Waals surface area contributed by atoms with Crippen LogP contribution in [0, 0.1) is 0 Å². The lowest BCUT2D eigenvalue weighted by Crippen LogP contribution is -2.47. The zero-order chi connectivity index (χ0) is 23.1. The third-order valence-electron chi connectivity index (χ3n) is 4.74. The largest absolute Gasteiger partial charge is 0.495 e. The van der Waals surface area contributed by atoms with Crippen LogP contribution in [0.3, 0.4) is 0 Å². The van der Waals surface area contributed by atoms with Gasteiger partial charge in [0.15, 0.2) is 0 Å². The van der Waals surface area contributed by atoms with Crippen LogP contribution in [0.15, 0.2) is 77.7 Å². The van der Waals surface area contributed by atoms with Crippen LogP contribution in [0.25, 0.3) is 0 Å². The van der Waals surface area contributed by atoms with E-state index in [2.05, 4.69) is 10.0 Å². The van der Waals surface area contributed by atoms with Crippen LogP contribution >= 0.6 is 23.2 Å². The van der Waals surface area contributed by atoms with Crippen LogP contribution in [0.1, 0.15) is 11.1 Å². The summed E-state index contributed by atoms with van der Waals surface area (Å²) < 4.78 is 33.6. The first kappa shape index (κ1) is 24.1. The van der Waals surface area contributed by atoms with Gasteiger partial charge in [0.25, 0.3) is 0 Å². The molecule has 0 aliphatic rings. The van der Waals surface area contributed by atoms with Crippen molar-refractivity contribution in [1.29, 1.82) is 0 Å². The molecule has 0 radical (unpaired) electrons. The molecule has 0 bridgehead atoms. The fraction of sp³-hybridized carbons (Fsp3) is 0.174. The van der Waals surface area contributed by atoms with Crippen molar-refractivity contribution >= 4 is 39.1 Å². The summed E-state index contributed by atoms with van der Waals surface area (Å²) in [5.74, 6) is -0.124. The molecule has 1 amide bonds. The van der Waals surface area contributed by atoms with E-state index in [0.717, 1.165) is 11.1 Å². The number of nitrogens with one attached hydrogen (secondary N) is 2. The molecule has 3 aromatic carbocycles. The van der Waals surface area contributed by atoms with Crippen molar-refractivity contribution in [3.63, 3.8) is 0 Å². The number of ether oxygens (including phenoxy) is 1. The summed E-state index contributed by atoms with van der Waals surface area (Å²) in [7, 11) is -2.60. The Hall–Kier alpha value is -2.58. The summed E-state index contributed by atoms with van der Waals surface area (Å²) in [5, 5.41) is 3.43. The Bertz CT molecular complexity index is 1190. The van der Waals surface area contributed by atoms with Gasteiger partial charge in [0.05, 0.1) is 17.0 Å². The molecule has 1 atom stereocenters. The van der Waals surface area contributed by atoms with Crippen LogP contribution in [0.5, 0.6) is 5.75 Å². The van der Waals surface area contributed by atoms with Crippen molar-refractivity contribution in [3.05, 3.63) is 94.0 Å². The Balaban J connectivity index is 1.82. The highest BCUT2D eigenvalue weighted by atomic mass is 35.5. The van der Waals surface area contributed by atoms with Gasteiger partial charge in [-0.15, -0.1) is 0 Å². The molecule has 1 unspecified atom stereocenters. The predicted octanol–water partition coefficient (Wildman–Crippen LogP) is 4.21. The smallest absolute Gasteiger partial charge is 0.241 e. The normalized spacial score (nSPS) is 12.2. The Kier molecular flexibility index (Phi) is 8.15. The molecule has 0 saturated heterocycles. The number of benzene rings is 3. The van der Waals surface area contributed by atoms with Gasteiger partial charge in [0.2, 0.25) is 15.9 Å². The van der Waals surface area contributed by atoms with Crippen molar-refractivity contribution < 1.29 is 17.9 Å². The standard InChI is InChI=1S/C23H22Cl2N2O4S/c1-31-22-12-11-18(14-20(22)25)32(29,30)27-21(13-16-7-3-2-4-8-16)23(28)26-15-17-9-5-6-10-19(17)24/h2-12,14,21,27H,13,15H2,1H3,(H,26,28). The number of methoxy groups -OCH3 is 1. The summed E-state index contributed by atoms with van der Waals surface area (Å²) >= 11 is 12.2. The lowest BCUT2D eigenvalue weighted by atomic mass is 10.1. The van der Waals surface area contributed by atoms with E-state index in [1.807, 2.05) is 36.4 Å². The van der Waals surface area contributed by atoms with Crippen molar-refractivity contribution in [1.82, 2.24) is 10.0 Å². The number of carbonyl (C=O) groups excluding carboxylic acids is 1. The minimum atomic E-state index is -4.04. The minimum absolute atomic E-state index is 0.0692. The molecular weight excluding hydrogens is 471 g/mol. The van der Waals surface area contributed by atoms with E-state index >= 15 is 0 Å². The number of hydrogen-bond donors (Lipinski definition) is 2. The summed E-state index contributed by atoms with van der Waals surface area (Å²) in [5.41, 5.74) is 1.53. The van der Waals surface area contributed by atoms with E-state index in [4.69, 9.17) is 27.9 Å². The van der Waals surface area contributed by atoms with Crippen LogP contribution in [0.2, 0.25) is 10.0 Å². The van der Waals surface area contributed by atoms with Crippen LogP contribution < -0.4 is 14.8 Å². The van der Waals surface area contributed by atoms with Gasteiger partial charge in [-0.1, -0.05) is 71.7 Å². The molecule has 0 saturated carbocycles. The van der Waals surface area contributed by atoms with Gasteiger partial charge in [-0.3, -0.25) is 4.79 Å². The molecule has 0 aromatic heterocycles. The van der Waals surface area contributed by atoms with Gasteiger partial charge in [0.1, 0.15) is 11.8 Å². The van der Waals surface area contributed by atoms with Gasteiger partial charge >= 0.3 is 0 Å². The van der Waals surface area contributed by atoms with Gasteiger partial charge in [-0.25, -0.2) is 8.42 Å². The molecule has 32 heavy (non-hydrogen) atoms. The molecule has 3 rings (SSSR count). The molecular formula is C23H22Cl2N2O4S. The number of rotatable bonds is 9. The SMILES string of the molecule is COc1ccc(S(=O)(=O)NC(Cc2ccccc2)C(=O)NCc2ccccc2Cl)cc1Cl. The fourth-order valence-corrected chi connectivity index (χ4v) is 4.80. The Morgan fingerprint density at radius 2 is 1.66 bits per heavy atom. The van der Waals surface area contributed by atoms with Gasteiger partial charge in [-0.2, -0.15) is 4.72 Å². The summed E-state index contributed by atoms with van der Waals surface area (Å²) in [6.07, 6.45) is 0.165. The highest BCUT2D eigenvalue weighted by Gasteiger charge is 2.26. The molecule has 0 aliphatic heterocycles. The first-order chi connectivity index (χ1) is 15.3. The molecule has 2 N–H and O–H groups in total. The second kappa shape index (κ2) is 10.8. The number of carbonyl (C=O) groups is 1. The average molecular weight is 493 g/mol. The minimum Gasteiger partial charge on any atom is -0.495 e. The lowest BCUT2D eigenvalue weighted by molar-refractivity contribution is -0.122. The van der Waals surface area contributed by atoms with E-state index in [1.165, 1.54) is 25.3 Å². The van der Waals surface area contributed by atoms with E-state index in [1.54, 1.807) is 18.2 Å². The van der Waals surface area contributed by atoms with E-state index in [0.29, 0.717) is 10.8 Å². The summed E-state index contributed by atoms with van der Waals surface area (Å²) in [6, 6.07) is 19.3. The highest BCUT2D eigenvalue weighted by molar-refractivity contribution is 7.89. The first-order valence-electron chi connectivity index (χ1n) is 9.71. The molecule has 0 heterocycles. The molecule has 168 valence electrons. The second-order valence-electron chi connectivity index (χ2n) is 6.97. The molecule has 3 aromatic rings. The maximum Gasteiger partial charge on any atom is 0.241 e. The summed E-state index contributed by atoms with van der Waals surface area (Å²) in [6.45, 7) is 0.167. The zero-order valence-electron chi connectivity index (χ0n) is 17.2. The van der Waals surface area contributed by atoms with Gasteiger partial charge < -0.3 is 10.1 Å². The van der Waals surface area contributed by atoms with Crippen LogP contribution in [-0.4, -0.2) is 27.5 Å². The fourth-order valence-electron chi connectivity index (χ4n) is 3.05. The highest BCUT2D eigenvalue weighted by Crippen LogP contribution is 2.27. The van der Waals surface area contributed by atoms with E-state index in [9.17, 15) is 13.2 Å². The quantitative estimate of drug-likeness (QED) is 0.468. The molecule has 0 aliphatic carbocycles. The van der Waals surface area contributed by atoms with Crippen molar-refractivity contribution in [2.24, 2.45) is 0 Å². The topological polar surface area (TPSA) is 84.5 Å². The Morgan fingerprint density at radius 1 is 0.969 bits per heavy atom. The van der Waals surface area contributed by atoms with Gasteiger partial charge in [-0.05, 0) is 41.8 Å². The second-order valence-corrected chi connectivity index (χ2v) is 9.50. The predicted molar refractivity (Wildman–Crippen MR) is 126 cm³/mol. The van der Waals surface area contributed by atoms with E-state index < -0.39 is 22.0 Å². The Morgan fingerprint density at radius 3 is 2.31 bits per heavy atom. The van der Waals surface area contributed by atoms with Crippen molar-refractivity contribution in [3.8, 4) is 5.75 Å². The van der Waals surface area contributed by atoms with Crippen LogP contribution in [0.4, 0.5) is 0 Å². The number of hydrogen-bond acceptors (Lipinski definition) is 4. The molecule has 0 spiro atoms. The maximum absolute atomic E-state index is 13.0. The van der Waals surface area contributed by atoms with Gasteiger partial charge in [0, 0.05) is 11.6 Å². The Labute approximate surface area is 197 Å².